The maximum Gasteiger partial charge on any atom is 0.306 e. The predicted octanol–water partition coefficient (Wildman–Crippen LogP) is 8.38. The van der Waals surface area contributed by atoms with Crippen LogP contribution in [0, 0.1) is 0 Å². The third-order valence-corrected chi connectivity index (χ3v) is 12.4. The summed E-state index contributed by atoms with van der Waals surface area (Å²) in [5.41, 5.74) is 0. The van der Waals surface area contributed by atoms with E-state index in [1.165, 1.54) is 25.7 Å². The molecule has 0 aromatic carbocycles. The molecule has 2 rings (SSSR count). The summed E-state index contributed by atoms with van der Waals surface area (Å²) in [6.07, 6.45) is 36.0. The summed E-state index contributed by atoms with van der Waals surface area (Å²) in [7, 11) is 0. The zero-order valence-electron chi connectivity index (χ0n) is 43.6. The minimum absolute atomic E-state index is 0.129. The van der Waals surface area contributed by atoms with Crippen LogP contribution in [0.3, 0.4) is 0 Å². The van der Waals surface area contributed by atoms with Gasteiger partial charge in [-0.2, -0.15) is 0 Å². The van der Waals surface area contributed by atoms with Crippen LogP contribution in [-0.2, 0) is 38.0 Å². The van der Waals surface area contributed by atoms with Gasteiger partial charge in [-0.25, -0.2) is 0 Å². The van der Waals surface area contributed by atoms with Crippen LogP contribution in [0.15, 0.2) is 85.1 Å². The molecule has 0 spiro atoms. The third-order valence-electron chi connectivity index (χ3n) is 12.4. The highest BCUT2D eigenvalue weighted by Gasteiger charge is 2.47. The maximum absolute atomic E-state index is 13.0. The van der Waals surface area contributed by atoms with Crippen molar-refractivity contribution in [3.05, 3.63) is 85.1 Å². The molecule has 7 N–H and O–H groups in total. The second kappa shape index (κ2) is 43.0. The Morgan fingerprint density at radius 2 is 0.875 bits per heavy atom. The van der Waals surface area contributed by atoms with E-state index in [-0.39, 0.29) is 19.4 Å². The molecule has 2 aliphatic heterocycles. The summed E-state index contributed by atoms with van der Waals surface area (Å²) in [4.78, 5) is 25.8. The highest BCUT2D eigenvalue weighted by Crippen LogP contribution is 2.26. The lowest BCUT2D eigenvalue weighted by Crippen LogP contribution is -2.61. The Labute approximate surface area is 431 Å². The van der Waals surface area contributed by atoms with E-state index in [4.69, 9.17) is 28.4 Å². The van der Waals surface area contributed by atoms with Crippen LogP contribution in [-0.4, -0.2) is 142 Å². The SMILES string of the molecule is CC/C=C\C/C=C\C/C=C\C/C=C\CCCCCCC(=O)OC(COC(=O)CCCCCCCC/C=C\C/C=C\C/C=C\CCCCC)COC1OC(COC2OC(CO)C(O)C(O)C2O)C(O)C(O)C1O. The topological polar surface area (TPSA) is 231 Å². The molecule has 0 aromatic heterocycles. The zero-order valence-corrected chi connectivity index (χ0v) is 43.6. The number of carbonyl (C=O) groups is 2. The van der Waals surface area contributed by atoms with Crippen LogP contribution in [0.1, 0.15) is 168 Å². The van der Waals surface area contributed by atoms with Gasteiger partial charge >= 0.3 is 11.9 Å². The van der Waals surface area contributed by atoms with E-state index in [0.29, 0.717) is 12.8 Å². The molecule has 15 heteroatoms. The predicted molar refractivity (Wildman–Crippen MR) is 279 cm³/mol. The van der Waals surface area contributed by atoms with Gasteiger partial charge in [0, 0.05) is 12.8 Å². The lowest BCUT2D eigenvalue weighted by Gasteiger charge is -2.42. The first kappa shape index (κ1) is 64.8. The fourth-order valence-corrected chi connectivity index (χ4v) is 7.92. The van der Waals surface area contributed by atoms with Gasteiger partial charge in [0.25, 0.3) is 0 Å². The monoisotopic (exact) mass is 1020 g/mol. The van der Waals surface area contributed by atoms with Crippen molar-refractivity contribution in [2.24, 2.45) is 0 Å². The van der Waals surface area contributed by atoms with Gasteiger partial charge in [-0.15, -0.1) is 0 Å². The molecule has 0 bridgehead atoms. The van der Waals surface area contributed by atoms with Crippen LogP contribution >= 0.6 is 0 Å². The summed E-state index contributed by atoms with van der Waals surface area (Å²) >= 11 is 0. The number of ether oxygens (including phenoxy) is 6. The Hall–Kier alpha value is -3.32. The van der Waals surface area contributed by atoms with Crippen molar-refractivity contribution < 1.29 is 73.8 Å². The molecule has 2 saturated heterocycles. The molecule has 2 fully saturated rings. The summed E-state index contributed by atoms with van der Waals surface area (Å²) in [5.74, 6) is -0.974. The number of esters is 2. The molecule has 72 heavy (non-hydrogen) atoms. The molecule has 0 aromatic rings. The normalized spacial score (nSPS) is 25.7. The summed E-state index contributed by atoms with van der Waals surface area (Å²) in [6.45, 7) is 2.40. The Morgan fingerprint density at radius 3 is 1.38 bits per heavy atom. The molecular weight excluding hydrogens is 925 g/mol. The molecule has 15 nitrogen and oxygen atoms in total. The maximum atomic E-state index is 13.0. The average Bonchev–Trinajstić information content (AvgIpc) is 3.37. The Balaban J connectivity index is 1.81. The number of aliphatic hydroxyl groups excluding tert-OH is 7. The van der Waals surface area contributed by atoms with Gasteiger partial charge in [-0.05, 0) is 89.9 Å². The van der Waals surface area contributed by atoms with Gasteiger partial charge in [0.2, 0.25) is 0 Å². The van der Waals surface area contributed by atoms with Crippen molar-refractivity contribution in [2.75, 3.05) is 26.4 Å². The molecule has 2 heterocycles. The first-order chi connectivity index (χ1) is 35.0. The summed E-state index contributed by atoms with van der Waals surface area (Å²) in [5, 5.41) is 72.2. The molecule has 412 valence electrons. The van der Waals surface area contributed by atoms with Crippen molar-refractivity contribution in [3.63, 3.8) is 0 Å². The number of hydrogen-bond donors (Lipinski definition) is 7. The van der Waals surface area contributed by atoms with E-state index in [1.807, 2.05) is 0 Å². The number of rotatable bonds is 41. The molecule has 0 saturated carbocycles. The van der Waals surface area contributed by atoms with Crippen LogP contribution in [0.2, 0.25) is 0 Å². The number of aliphatic hydroxyl groups is 7. The molecule has 11 atom stereocenters. The Kier molecular flexibility index (Phi) is 38.7. The van der Waals surface area contributed by atoms with Crippen molar-refractivity contribution in [2.45, 2.75) is 235 Å². The van der Waals surface area contributed by atoms with E-state index in [2.05, 4.69) is 98.9 Å². The van der Waals surface area contributed by atoms with Crippen LogP contribution in [0.4, 0.5) is 0 Å². The van der Waals surface area contributed by atoms with Crippen molar-refractivity contribution in [3.8, 4) is 0 Å². The number of carbonyl (C=O) groups excluding carboxylic acids is 2. The summed E-state index contributed by atoms with van der Waals surface area (Å²) in [6, 6.07) is 0. The van der Waals surface area contributed by atoms with Gasteiger partial charge in [-0.1, -0.05) is 150 Å². The van der Waals surface area contributed by atoms with E-state index in [9.17, 15) is 45.3 Å². The van der Waals surface area contributed by atoms with E-state index >= 15 is 0 Å². The van der Waals surface area contributed by atoms with E-state index in [1.54, 1.807) is 0 Å². The van der Waals surface area contributed by atoms with Crippen molar-refractivity contribution >= 4 is 11.9 Å². The smallest absolute Gasteiger partial charge is 0.306 e. The fourth-order valence-electron chi connectivity index (χ4n) is 7.92. The minimum Gasteiger partial charge on any atom is -0.462 e. The van der Waals surface area contributed by atoms with Crippen LogP contribution in [0.5, 0.6) is 0 Å². The molecular formula is C57H94O15. The minimum atomic E-state index is -1.78. The molecule has 2 aliphatic rings. The Morgan fingerprint density at radius 1 is 0.458 bits per heavy atom. The zero-order chi connectivity index (χ0) is 52.4. The largest absolute Gasteiger partial charge is 0.462 e. The number of unbranched alkanes of at least 4 members (excludes halogenated alkanes) is 13. The van der Waals surface area contributed by atoms with Gasteiger partial charge in [0.05, 0.1) is 19.8 Å². The van der Waals surface area contributed by atoms with E-state index < -0.39 is 99.3 Å². The van der Waals surface area contributed by atoms with Gasteiger partial charge in [-0.3, -0.25) is 9.59 Å². The third kappa shape index (κ3) is 30.1. The second-order valence-corrected chi connectivity index (χ2v) is 18.7. The highest BCUT2D eigenvalue weighted by molar-refractivity contribution is 5.70. The van der Waals surface area contributed by atoms with Crippen LogP contribution in [0.25, 0.3) is 0 Å². The fraction of sp³-hybridized carbons (Fsp3) is 0.719. The molecule has 0 aliphatic carbocycles. The molecule has 11 unspecified atom stereocenters. The number of hydrogen-bond acceptors (Lipinski definition) is 15. The van der Waals surface area contributed by atoms with Crippen molar-refractivity contribution in [1.82, 2.24) is 0 Å². The van der Waals surface area contributed by atoms with Crippen LogP contribution < -0.4 is 0 Å². The van der Waals surface area contributed by atoms with Gasteiger partial charge in [0.1, 0.15) is 55.4 Å². The molecule has 0 amide bonds. The standard InChI is InChI=1S/C57H94O15/c1-3-5-7-9-11-13-15-17-19-21-22-24-25-27-29-31-33-35-37-39-48(59)67-42-45(70-49(60)40-38-36-34-32-30-28-26-23-20-18-16-14-12-10-8-6-4-2)43-68-56-55(66)53(64)51(62)47(72-56)44-69-57-54(65)52(63)50(61)46(41-58)71-57/h6,8,11-14,17-20,22,24,26,28,45-47,50-58,61-66H,3-5,7,9-10,15-16,21,23,25,27,29-44H2,1-2H3/b8-6-,13-11-,14-12-,19-17-,20-18-,24-22-,28-26-. The van der Waals surface area contributed by atoms with Gasteiger partial charge < -0.3 is 64.2 Å². The lowest BCUT2D eigenvalue weighted by molar-refractivity contribution is -0.332. The first-order valence-corrected chi connectivity index (χ1v) is 27.2. The lowest BCUT2D eigenvalue weighted by atomic mass is 9.98. The summed E-state index contributed by atoms with van der Waals surface area (Å²) < 4.78 is 33.6. The second-order valence-electron chi connectivity index (χ2n) is 18.7. The van der Waals surface area contributed by atoms with Crippen molar-refractivity contribution in [1.29, 1.82) is 0 Å². The first-order valence-electron chi connectivity index (χ1n) is 27.2. The molecule has 0 radical (unpaired) electrons. The quantitative estimate of drug-likeness (QED) is 0.0173. The van der Waals surface area contributed by atoms with Gasteiger partial charge in [0.15, 0.2) is 18.7 Å². The number of allylic oxidation sites excluding steroid dienone is 14. The van der Waals surface area contributed by atoms with E-state index in [0.717, 1.165) is 103 Å². The Bertz CT molecular complexity index is 1570. The highest BCUT2D eigenvalue weighted by atomic mass is 16.7. The average molecular weight is 1020 g/mol.